The summed E-state index contributed by atoms with van der Waals surface area (Å²) in [5, 5.41) is 41.8. The Balaban J connectivity index is 1.77. The zero-order valence-electron chi connectivity index (χ0n) is 26.5. The molecule has 0 amide bonds. The van der Waals surface area contributed by atoms with Gasteiger partial charge in [0, 0.05) is 42.3 Å². The van der Waals surface area contributed by atoms with Gasteiger partial charge in [-0.25, -0.2) is 4.58 Å². The molecule has 0 saturated heterocycles. The van der Waals surface area contributed by atoms with E-state index in [0.29, 0.717) is 32.8 Å². The first-order chi connectivity index (χ1) is 21.9. The molecule has 3 aromatic carbocycles. The number of nitrogens with zero attached hydrogens (tertiary/aromatic N) is 2. The second-order valence-electron chi connectivity index (χ2n) is 10.9. The number of aliphatic hydroxyl groups excluding tert-OH is 4. The van der Waals surface area contributed by atoms with E-state index < -0.39 is 0 Å². The zero-order valence-corrected chi connectivity index (χ0v) is 26.5. The predicted octanol–water partition coefficient (Wildman–Crippen LogP) is 4.68. The number of benzene rings is 3. The molecule has 45 heavy (non-hydrogen) atoms. The van der Waals surface area contributed by atoms with Crippen LogP contribution in [0.5, 0.6) is 5.75 Å². The molecule has 0 aromatic heterocycles. The van der Waals surface area contributed by atoms with Crippen molar-refractivity contribution >= 4 is 28.3 Å². The molecule has 5 N–H and O–H groups in total. The minimum atomic E-state index is 0.00431. The molecule has 8 heteroatoms. The number of aliphatic hydroxyl groups is 4. The van der Waals surface area contributed by atoms with Crippen LogP contribution in [0.3, 0.4) is 0 Å². The Morgan fingerprint density at radius 3 is 1.93 bits per heavy atom. The van der Waals surface area contributed by atoms with E-state index in [-0.39, 0.29) is 26.4 Å². The standard InChI is InChI=1S/C37H45N3O5/c1-4-45-34-13-9-31(10-14-34)38-30-7-5-29(6-8-30)37(35-15-11-32(25-27(35)2)39(17-21-41)18-22-42)36-16-12-33(26-28(36)3)40(19-23-43)20-24-44/h5-16,25-26,41-44H,4,17-24H2,1-3H3/p+1. The fourth-order valence-electron chi connectivity index (χ4n) is 5.62. The van der Waals surface area contributed by atoms with Gasteiger partial charge in [0.1, 0.15) is 19.0 Å². The van der Waals surface area contributed by atoms with E-state index in [9.17, 15) is 20.4 Å². The van der Waals surface area contributed by atoms with Gasteiger partial charge < -0.3 is 35.4 Å². The Kier molecular flexibility index (Phi) is 12.5. The summed E-state index contributed by atoms with van der Waals surface area (Å²) in [6.07, 6.45) is 6.27. The van der Waals surface area contributed by atoms with Gasteiger partial charge in [-0.1, -0.05) is 18.2 Å². The van der Waals surface area contributed by atoms with Crippen molar-refractivity contribution in [3.63, 3.8) is 0 Å². The summed E-state index contributed by atoms with van der Waals surface area (Å²) in [5.41, 5.74) is 10.3. The Bertz CT molecular complexity index is 1530. The number of hydrogen-bond donors (Lipinski definition) is 5. The van der Waals surface area contributed by atoms with Gasteiger partial charge in [0.05, 0.1) is 19.8 Å². The van der Waals surface area contributed by atoms with E-state index in [2.05, 4.69) is 67.7 Å². The average molecular weight is 613 g/mol. The van der Waals surface area contributed by atoms with Crippen LogP contribution in [0.2, 0.25) is 0 Å². The molecule has 0 bridgehead atoms. The molecule has 0 radical (unpaired) electrons. The fraction of sp³-hybridized carbons (Fsp3) is 0.324. The van der Waals surface area contributed by atoms with E-state index in [1.807, 2.05) is 52.8 Å². The molecule has 0 aliphatic heterocycles. The van der Waals surface area contributed by atoms with Gasteiger partial charge in [0.15, 0.2) is 18.8 Å². The van der Waals surface area contributed by atoms with Gasteiger partial charge in [-0.15, -0.1) is 0 Å². The van der Waals surface area contributed by atoms with Gasteiger partial charge in [0.2, 0.25) is 0 Å². The molecule has 0 saturated carbocycles. The minimum absolute atomic E-state index is 0.00431. The van der Waals surface area contributed by atoms with Crippen molar-refractivity contribution in [3.05, 3.63) is 113 Å². The second kappa shape index (κ2) is 16.7. The van der Waals surface area contributed by atoms with Crippen LogP contribution in [0.1, 0.15) is 30.5 Å². The second-order valence-corrected chi connectivity index (χ2v) is 10.9. The summed E-state index contributed by atoms with van der Waals surface area (Å²) < 4.78 is 7.55. The molecule has 8 nitrogen and oxygen atoms in total. The predicted molar refractivity (Wildman–Crippen MR) is 183 cm³/mol. The first-order valence-electron chi connectivity index (χ1n) is 15.5. The number of anilines is 3. The highest BCUT2D eigenvalue weighted by molar-refractivity contribution is 6.05. The van der Waals surface area contributed by atoms with Crippen molar-refractivity contribution < 1.29 is 29.7 Å². The lowest BCUT2D eigenvalue weighted by molar-refractivity contribution is -0.530. The number of ether oxygens (including phenoxy) is 1. The lowest BCUT2D eigenvalue weighted by atomic mass is 9.85. The summed E-state index contributed by atoms with van der Waals surface area (Å²) in [6, 6.07) is 22.6. The molecule has 1 aliphatic rings. The van der Waals surface area contributed by atoms with E-state index in [1.54, 1.807) is 0 Å². The average Bonchev–Trinajstić information content (AvgIpc) is 3.04. The smallest absolute Gasteiger partial charge is 0.200 e. The molecule has 0 fully saturated rings. The largest absolute Gasteiger partial charge is 0.494 e. The molecule has 4 rings (SSSR count). The molecule has 1 aliphatic carbocycles. The lowest BCUT2D eigenvalue weighted by Gasteiger charge is -2.25. The first-order valence-corrected chi connectivity index (χ1v) is 15.5. The maximum Gasteiger partial charge on any atom is 0.200 e. The summed E-state index contributed by atoms with van der Waals surface area (Å²) in [5.74, 6) is 0.840. The Labute approximate surface area is 266 Å². The molecular formula is C37H46N3O5+. The molecule has 238 valence electrons. The summed E-state index contributed by atoms with van der Waals surface area (Å²) >= 11 is 0. The summed E-state index contributed by atoms with van der Waals surface area (Å²) in [6.45, 7) is 8.56. The van der Waals surface area contributed by atoms with Crippen LogP contribution >= 0.6 is 0 Å². The highest BCUT2D eigenvalue weighted by atomic mass is 16.5. The van der Waals surface area contributed by atoms with Crippen LogP contribution in [0, 0.1) is 6.92 Å². The van der Waals surface area contributed by atoms with Gasteiger partial charge >= 0.3 is 0 Å². The molecule has 0 spiro atoms. The van der Waals surface area contributed by atoms with Crippen molar-refractivity contribution in [2.75, 3.05) is 69.4 Å². The van der Waals surface area contributed by atoms with Crippen LogP contribution in [0.4, 0.5) is 17.1 Å². The summed E-state index contributed by atoms with van der Waals surface area (Å²) in [7, 11) is 0. The number of aryl methyl sites for hydroxylation is 1. The van der Waals surface area contributed by atoms with Crippen LogP contribution < -0.4 is 15.0 Å². The van der Waals surface area contributed by atoms with Gasteiger partial charge in [0.25, 0.3) is 0 Å². The fourth-order valence-corrected chi connectivity index (χ4v) is 5.62. The number of nitrogens with one attached hydrogen (secondary N) is 1. The highest BCUT2D eigenvalue weighted by Crippen LogP contribution is 2.36. The van der Waals surface area contributed by atoms with Gasteiger partial charge in [-0.2, -0.15) is 0 Å². The number of allylic oxidation sites excluding steroid dienone is 5. The highest BCUT2D eigenvalue weighted by Gasteiger charge is 2.20. The SMILES string of the molecule is CCOc1ccc(Nc2ccc(/C(=C3/C=CC(=[N+](CCO)CCO)C=C3C)c3ccc(N(CCO)CCO)cc3C)cc2)cc1. The number of hydrogen-bond acceptors (Lipinski definition) is 7. The molecule has 0 heterocycles. The van der Waals surface area contributed by atoms with Crippen molar-refractivity contribution in [2.45, 2.75) is 20.8 Å². The van der Waals surface area contributed by atoms with Crippen molar-refractivity contribution in [1.82, 2.24) is 0 Å². The van der Waals surface area contributed by atoms with E-state index in [0.717, 1.165) is 61.9 Å². The Hall–Kier alpha value is -4.21. The van der Waals surface area contributed by atoms with E-state index in [4.69, 9.17) is 4.74 Å². The normalized spacial score (nSPS) is 13.8. The zero-order chi connectivity index (χ0) is 32.2. The third-order valence-electron chi connectivity index (χ3n) is 7.80. The van der Waals surface area contributed by atoms with E-state index >= 15 is 0 Å². The van der Waals surface area contributed by atoms with Crippen molar-refractivity contribution in [1.29, 1.82) is 0 Å². The monoisotopic (exact) mass is 612 g/mol. The molecule has 3 aromatic rings. The molecule has 0 atom stereocenters. The quantitative estimate of drug-likeness (QED) is 0.159. The molecule has 0 unspecified atom stereocenters. The Morgan fingerprint density at radius 1 is 0.778 bits per heavy atom. The molecular weight excluding hydrogens is 566 g/mol. The topological polar surface area (TPSA) is 108 Å². The van der Waals surface area contributed by atoms with E-state index in [1.165, 1.54) is 0 Å². The van der Waals surface area contributed by atoms with Crippen LogP contribution in [0.15, 0.2) is 96.1 Å². The van der Waals surface area contributed by atoms with Crippen molar-refractivity contribution in [2.24, 2.45) is 0 Å². The van der Waals surface area contributed by atoms with Crippen molar-refractivity contribution in [3.8, 4) is 5.75 Å². The maximum absolute atomic E-state index is 9.57. The Morgan fingerprint density at radius 2 is 1.40 bits per heavy atom. The third-order valence-corrected chi connectivity index (χ3v) is 7.80. The van der Waals surface area contributed by atoms with Crippen LogP contribution in [-0.4, -0.2) is 89.9 Å². The lowest BCUT2D eigenvalue weighted by Crippen LogP contribution is -2.29. The summed E-state index contributed by atoms with van der Waals surface area (Å²) in [4.78, 5) is 1.98. The van der Waals surface area contributed by atoms with Crippen LogP contribution in [0.25, 0.3) is 5.57 Å². The van der Waals surface area contributed by atoms with Crippen LogP contribution in [-0.2, 0) is 0 Å². The van der Waals surface area contributed by atoms with Gasteiger partial charge in [-0.05, 0) is 109 Å². The van der Waals surface area contributed by atoms with Gasteiger partial charge in [-0.3, -0.25) is 0 Å². The maximum atomic E-state index is 9.57. The third kappa shape index (κ3) is 8.71. The number of rotatable bonds is 15. The minimum Gasteiger partial charge on any atom is -0.494 e. The first kappa shape index (κ1) is 33.7.